The number of carbonyl (C=O) groups is 1. The van der Waals surface area contributed by atoms with Gasteiger partial charge >= 0.3 is 11.9 Å². The number of hydrogen-bond acceptors (Lipinski definition) is 5. The second-order valence-corrected chi connectivity index (χ2v) is 7.41. The maximum atomic E-state index is 15.2. The van der Waals surface area contributed by atoms with E-state index in [-0.39, 0.29) is 12.4 Å². The fraction of sp³-hybridized carbons (Fsp3) is 0.562. The molecule has 0 unspecified atom stereocenters. The van der Waals surface area contributed by atoms with E-state index in [0.29, 0.717) is 16.8 Å². The molecule has 0 saturated heterocycles. The van der Waals surface area contributed by atoms with Gasteiger partial charge in [0.1, 0.15) is 11.4 Å². The Hall–Kier alpha value is -2.01. The maximum Gasteiger partial charge on any atom is 0.379 e. The predicted molar refractivity (Wildman–Crippen MR) is 93.0 cm³/mol. The van der Waals surface area contributed by atoms with E-state index in [4.69, 9.17) is 0 Å². The first-order valence-corrected chi connectivity index (χ1v) is 9.34. The van der Waals surface area contributed by atoms with Gasteiger partial charge in [-0.3, -0.25) is 10.1 Å². The molecule has 11 heteroatoms. The van der Waals surface area contributed by atoms with Gasteiger partial charge in [0.05, 0.1) is 34.1 Å². The van der Waals surface area contributed by atoms with Gasteiger partial charge in [-0.15, -0.1) is 0 Å². The van der Waals surface area contributed by atoms with Gasteiger partial charge in [0.2, 0.25) is 0 Å². The highest BCUT2D eigenvalue weighted by molar-refractivity contribution is 7.82. The fourth-order valence-electron chi connectivity index (χ4n) is 2.54. The van der Waals surface area contributed by atoms with Crippen molar-refractivity contribution in [2.45, 2.75) is 38.7 Å². The average molecular weight is 410 g/mol. The smallest absolute Gasteiger partial charge is 0.379 e. The van der Waals surface area contributed by atoms with Gasteiger partial charge in [0.15, 0.2) is 0 Å². The first kappa shape index (κ1) is 23.0. The molecule has 1 aromatic carbocycles. The third kappa shape index (κ3) is 4.29. The Balaban J connectivity index is 3.78. The molecule has 0 bridgehead atoms. The number of carbonyl (C=O) groups excluding carboxylic acids is 1. The van der Waals surface area contributed by atoms with E-state index in [1.54, 1.807) is 6.92 Å². The Morgan fingerprint density at radius 3 is 2.44 bits per heavy atom. The Morgan fingerprint density at radius 2 is 1.96 bits per heavy atom. The van der Waals surface area contributed by atoms with E-state index in [1.165, 1.54) is 6.92 Å². The molecule has 0 aliphatic carbocycles. The molecule has 7 nitrogen and oxygen atoms in total. The Bertz CT molecular complexity index is 747. The highest BCUT2D eigenvalue weighted by Gasteiger charge is 2.63. The van der Waals surface area contributed by atoms with Crippen molar-refractivity contribution in [1.82, 2.24) is 4.31 Å². The number of alkyl halides is 2. The molecule has 0 aliphatic heterocycles. The normalized spacial score (nSPS) is 15.3. The van der Waals surface area contributed by atoms with Crippen LogP contribution in [0.4, 0.5) is 18.9 Å². The molecule has 0 radical (unpaired) electrons. The number of hydrogen-bond donors (Lipinski definition) is 0. The number of esters is 1. The topological polar surface area (TPSA) is 89.8 Å². The molecular weight excluding hydrogens is 389 g/mol. The van der Waals surface area contributed by atoms with Crippen LogP contribution in [0.1, 0.15) is 32.8 Å². The molecule has 0 N–H and O–H groups in total. The lowest BCUT2D eigenvalue weighted by Gasteiger charge is -2.41. The van der Waals surface area contributed by atoms with Crippen molar-refractivity contribution in [1.29, 1.82) is 0 Å². The lowest BCUT2D eigenvalue weighted by atomic mass is 9.84. The minimum atomic E-state index is -4.32. The van der Waals surface area contributed by atoms with Crippen LogP contribution in [-0.2, 0) is 26.1 Å². The van der Waals surface area contributed by atoms with E-state index in [0.717, 1.165) is 26.1 Å². The van der Waals surface area contributed by atoms with Gasteiger partial charge in [-0.2, -0.15) is 8.78 Å². The van der Waals surface area contributed by atoms with E-state index < -0.39 is 50.4 Å². The lowest BCUT2D eigenvalue weighted by molar-refractivity contribution is -0.386. The standard InChI is InChI=1S/C16H21F3N2O5S/c1-5-9-27(25)20(4)15(3,16(18,19)14(22)26-6-2)12-8-7-11(17)10-13(12)21(23)24/h7-8,10H,5-6,9H2,1-4H3/t15-,27-/m1/s1. The zero-order chi connectivity index (χ0) is 21.0. The highest BCUT2D eigenvalue weighted by Crippen LogP contribution is 2.46. The number of halogens is 3. The van der Waals surface area contributed by atoms with Crippen molar-refractivity contribution in [2.75, 3.05) is 19.4 Å². The first-order valence-electron chi connectivity index (χ1n) is 8.06. The molecule has 1 aromatic rings. The molecular formula is C16H21F3N2O5S. The summed E-state index contributed by atoms with van der Waals surface area (Å²) in [4.78, 5) is 22.3. The van der Waals surface area contributed by atoms with Crippen LogP contribution in [0, 0.1) is 15.9 Å². The molecule has 0 heterocycles. The number of benzene rings is 1. The summed E-state index contributed by atoms with van der Waals surface area (Å²) in [5.74, 6) is -7.26. The predicted octanol–water partition coefficient (Wildman–Crippen LogP) is 3.15. The molecule has 0 amide bonds. The van der Waals surface area contributed by atoms with Crippen LogP contribution in [0.25, 0.3) is 0 Å². The Kier molecular flexibility index (Phi) is 7.49. The summed E-state index contributed by atoms with van der Waals surface area (Å²) < 4.78 is 61.4. The van der Waals surface area contributed by atoms with Crippen LogP contribution in [0.15, 0.2) is 18.2 Å². The summed E-state index contributed by atoms with van der Waals surface area (Å²) >= 11 is 0. The average Bonchev–Trinajstić information content (AvgIpc) is 2.60. The van der Waals surface area contributed by atoms with Crippen LogP contribution < -0.4 is 0 Å². The zero-order valence-corrected chi connectivity index (χ0v) is 16.1. The van der Waals surface area contributed by atoms with Gasteiger partial charge in [0.25, 0.3) is 5.69 Å². The van der Waals surface area contributed by atoms with Crippen LogP contribution in [0.3, 0.4) is 0 Å². The fourth-order valence-corrected chi connectivity index (χ4v) is 3.78. The van der Waals surface area contributed by atoms with Crippen LogP contribution in [0.5, 0.6) is 0 Å². The molecule has 152 valence electrons. The lowest BCUT2D eigenvalue weighted by Crippen LogP contribution is -2.59. The van der Waals surface area contributed by atoms with Crippen molar-refractivity contribution in [3.05, 3.63) is 39.7 Å². The molecule has 1 rings (SSSR count). The molecule has 0 spiro atoms. The number of ether oxygens (including phenoxy) is 1. The minimum absolute atomic E-state index is 0.0139. The number of nitro benzene ring substituents is 1. The van der Waals surface area contributed by atoms with Gasteiger partial charge in [-0.1, -0.05) is 6.92 Å². The second-order valence-electron chi connectivity index (χ2n) is 5.81. The SMILES string of the molecule is CCC[S@@](=O)N(C)[C@](C)(c1ccc(F)cc1[N+](=O)[O-])C(F)(F)C(=O)OCC. The van der Waals surface area contributed by atoms with Crippen LogP contribution >= 0.6 is 0 Å². The van der Waals surface area contributed by atoms with E-state index in [9.17, 15) is 23.5 Å². The number of rotatable bonds is 9. The molecule has 0 aromatic heterocycles. The summed E-state index contributed by atoms with van der Waals surface area (Å²) in [5.41, 5.74) is -4.34. The van der Waals surface area contributed by atoms with Gasteiger partial charge in [0, 0.05) is 12.8 Å². The molecule has 0 fully saturated rings. The second kappa shape index (κ2) is 8.79. The van der Waals surface area contributed by atoms with Crippen molar-refractivity contribution in [3.8, 4) is 0 Å². The Labute approximate surface area is 157 Å². The molecule has 0 aliphatic rings. The third-order valence-corrected chi connectivity index (χ3v) is 5.87. The summed E-state index contributed by atoms with van der Waals surface area (Å²) in [6, 6.07) is 2.03. The summed E-state index contributed by atoms with van der Waals surface area (Å²) in [6.45, 7) is 3.49. The van der Waals surface area contributed by atoms with Crippen LogP contribution in [-0.4, -0.2) is 44.7 Å². The first-order chi connectivity index (χ1) is 12.4. The summed E-state index contributed by atoms with van der Waals surface area (Å²) in [7, 11) is -0.938. The van der Waals surface area contributed by atoms with Gasteiger partial charge in [-0.25, -0.2) is 17.7 Å². The molecule has 27 heavy (non-hydrogen) atoms. The van der Waals surface area contributed by atoms with Crippen molar-refractivity contribution < 1.29 is 31.8 Å². The number of nitro groups is 1. The van der Waals surface area contributed by atoms with Crippen molar-refractivity contribution >= 4 is 22.6 Å². The third-order valence-electron chi connectivity index (χ3n) is 4.14. The highest BCUT2D eigenvalue weighted by atomic mass is 32.2. The van der Waals surface area contributed by atoms with Crippen molar-refractivity contribution in [2.24, 2.45) is 0 Å². The van der Waals surface area contributed by atoms with Gasteiger partial charge < -0.3 is 4.74 Å². The molecule has 0 saturated carbocycles. The Morgan fingerprint density at radius 1 is 1.37 bits per heavy atom. The molecule has 2 atom stereocenters. The quantitative estimate of drug-likeness (QED) is 0.354. The van der Waals surface area contributed by atoms with Gasteiger partial charge in [-0.05, 0) is 32.4 Å². The van der Waals surface area contributed by atoms with E-state index in [1.807, 2.05) is 0 Å². The number of nitrogens with zero attached hydrogens (tertiary/aromatic N) is 2. The van der Waals surface area contributed by atoms with Crippen LogP contribution in [0.2, 0.25) is 0 Å². The van der Waals surface area contributed by atoms with Crippen molar-refractivity contribution in [3.63, 3.8) is 0 Å². The maximum absolute atomic E-state index is 15.2. The zero-order valence-electron chi connectivity index (χ0n) is 15.3. The van der Waals surface area contributed by atoms with E-state index in [2.05, 4.69) is 4.74 Å². The summed E-state index contributed by atoms with van der Waals surface area (Å²) in [5, 5.41) is 11.3. The monoisotopic (exact) mass is 410 g/mol. The summed E-state index contributed by atoms with van der Waals surface area (Å²) in [6.07, 6.45) is 0.378. The minimum Gasteiger partial charge on any atom is -0.461 e. The largest absolute Gasteiger partial charge is 0.461 e. The van der Waals surface area contributed by atoms with E-state index >= 15 is 8.78 Å².